The molecule has 0 saturated heterocycles. The lowest BCUT2D eigenvalue weighted by Gasteiger charge is -2.04. The number of hydrogen-bond donors (Lipinski definition) is 2. The molecule has 1 aromatic heterocycles. The molecule has 1 amide bonds. The van der Waals surface area contributed by atoms with E-state index in [-0.39, 0.29) is 21.8 Å². The Balaban J connectivity index is 2.40. The maximum atomic E-state index is 11.4. The zero-order chi connectivity index (χ0) is 12.9. The summed E-state index contributed by atoms with van der Waals surface area (Å²) in [5, 5.41) is 9.52. The molecule has 7 nitrogen and oxygen atoms in total. The molecule has 0 aliphatic heterocycles. The van der Waals surface area contributed by atoms with Gasteiger partial charge in [0.15, 0.2) is 0 Å². The second kappa shape index (κ2) is 6.24. The quantitative estimate of drug-likeness (QED) is 0.761. The molecular weight excluding hydrogens is 288 g/mol. The second-order valence-corrected chi connectivity index (χ2v) is 6.42. The Labute approximate surface area is 108 Å². The van der Waals surface area contributed by atoms with Crippen LogP contribution in [0.2, 0.25) is 4.47 Å². The molecule has 0 fully saturated rings. The smallest absolute Gasteiger partial charge is 0.282 e. The van der Waals surface area contributed by atoms with Crippen LogP contribution in [0.1, 0.15) is 16.7 Å². The highest BCUT2D eigenvalue weighted by Gasteiger charge is 2.13. The molecule has 1 heterocycles. The SMILES string of the molecule is CCNS(=O)(=O)CCNC(=O)c1nnc(Cl)s1. The predicted molar refractivity (Wildman–Crippen MR) is 64.7 cm³/mol. The first-order valence-electron chi connectivity index (χ1n) is 4.69. The summed E-state index contributed by atoms with van der Waals surface area (Å²) < 4.78 is 25.0. The van der Waals surface area contributed by atoms with Crippen LogP contribution in [-0.2, 0) is 10.0 Å². The van der Waals surface area contributed by atoms with E-state index in [0.29, 0.717) is 6.54 Å². The summed E-state index contributed by atoms with van der Waals surface area (Å²) in [4.78, 5) is 11.4. The van der Waals surface area contributed by atoms with Crippen molar-refractivity contribution in [2.45, 2.75) is 6.92 Å². The van der Waals surface area contributed by atoms with Gasteiger partial charge in [0.1, 0.15) is 0 Å². The van der Waals surface area contributed by atoms with Gasteiger partial charge in [-0.05, 0) is 11.6 Å². The molecule has 1 aromatic rings. The highest BCUT2D eigenvalue weighted by Crippen LogP contribution is 2.14. The Hall–Kier alpha value is -0.770. The third-order valence-corrected chi connectivity index (χ3v) is 4.10. The molecule has 0 unspecified atom stereocenters. The van der Waals surface area contributed by atoms with E-state index >= 15 is 0 Å². The third-order valence-electron chi connectivity index (χ3n) is 1.62. The van der Waals surface area contributed by atoms with Gasteiger partial charge in [-0.2, -0.15) is 0 Å². The first-order chi connectivity index (χ1) is 7.94. The van der Waals surface area contributed by atoms with E-state index < -0.39 is 15.9 Å². The van der Waals surface area contributed by atoms with Crippen molar-refractivity contribution in [1.29, 1.82) is 0 Å². The van der Waals surface area contributed by atoms with Crippen LogP contribution in [0.15, 0.2) is 0 Å². The summed E-state index contributed by atoms with van der Waals surface area (Å²) in [6.07, 6.45) is 0. The Kier molecular flexibility index (Phi) is 5.25. The topological polar surface area (TPSA) is 101 Å². The van der Waals surface area contributed by atoms with Gasteiger partial charge in [-0.1, -0.05) is 18.3 Å². The molecule has 2 N–H and O–H groups in total. The minimum atomic E-state index is -3.33. The molecule has 17 heavy (non-hydrogen) atoms. The van der Waals surface area contributed by atoms with Crippen molar-refractivity contribution in [3.8, 4) is 0 Å². The maximum absolute atomic E-state index is 11.4. The molecular formula is C7H11ClN4O3S2. The fourth-order valence-corrected chi connectivity index (χ4v) is 2.66. The molecule has 0 aromatic carbocycles. The summed E-state index contributed by atoms with van der Waals surface area (Å²) in [6.45, 7) is 2.01. The van der Waals surface area contributed by atoms with Gasteiger partial charge in [0.25, 0.3) is 5.91 Å². The van der Waals surface area contributed by atoms with Gasteiger partial charge in [0, 0.05) is 13.1 Å². The lowest BCUT2D eigenvalue weighted by molar-refractivity contribution is 0.0955. The van der Waals surface area contributed by atoms with Crippen LogP contribution < -0.4 is 10.0 Å². The number of hydrogen-bond acceptors (Lipinski definition) is 6. The van der Waals surface area contributed by atoms with Crippen LogP contribution in [0, 0.1) is 0 Å². The molecule has 0 aliphatic rings. The number of sulfonamides is 1. The Morgan fingerprint density at radius 2 is 2.18 bits per heavy atom. The number of aromatic nitrogens is 2. The van der Waals surface area contributed by atoms with E-state index in [4.69, 9.17) is 11.6 Å². The Morgan fingerprint density at radius 3 is 2.71 bits per heavy atom. The minimum absolute atomic E-state index is 0.00532. The van der Waals surface area contributed by atoms with Crippen LogP contribution >= 0.6 is 22.9 Å². The molecule has 1 rings (SSSR count). The first-order valence-corrected chi connectivity index (χ1v) is 7.54. The summed E-state index contributed by atoms with van der Waals surface area (Å²) in [5.41, 5.74) is 0. The third kappa shape index (κ3) is 4.94. The summed E-state index contributed by atoms with van der Waals surface area (Å²) in [7, 11) is -3.33. The van der Waals surface area contributed by atoms with Gasteiger partial charge in [-0.3, -0.25) is 4.79 Å². The van der Waals surface area contributed by atoms with Gasteiger partial charge in [0.05, 0.1) is 5.75 Å². The normalized spacial score (nSPS) is 11.4. The summed E-state index contributed by atoms with van der Waals surface area (Å²) in [5.74, 6) is -0.667. The van der Waals surface area contributed by atoms with Gasteiger partial charge >= 0.3 is 0 Å². The Morgan fingerprint density at radius 1 is 1.47 bits per heavy atom. The molecule has 0 atom stereocenters. The van der Waals surface area contributed by atoms with Crippen LogP contribution in [0.4, 0.5) is 0 Å². The van der Waals surface area contributed by atoms with E-state index in [2.05, 4.69) is 20.2 Å². The Bertz CT molecular complexity index is 487. The number of nitrogens with zero attached hydrogens (tertiary/aromatic N) is 2. The molecule has 96 valence electrons. The molecule has 0 radical (unpaired) electrons. The van der Waals surface area contributed by atoms with Crippen molar-refractivity contribution in [3.63, 3.8) is 0 Å². The van der Waals surface area contributed by atoms with E-state index in [1.807, 2.05) is 0 Å². The van der Waals surface area contributed by atoms with Crippen molar-refractivity contribution in [2.75, 3.05) is 18.8 Å². The number of halogens is 1. The van der Waals surface area contributed by atoms with Crippen molar-refractivity contribution < 1.29 is 13.2 Å². The van der Waals surface area contributed by atoms with Gasteiger partial charge < -0.3 is 5.32 Å². The van der Waals surface area contributed by atoms with E-state index in [1.54, 1.807) is 6.92 Å². The fourth-order valence-electron chi connectivity index (χ4n) is 0.964. The fraction of sp³-hybridized carbons (Fsp3) is 0.571. The monoisotopic (exact) mass is 298 g/mol. The van der Waals surface area contributed by atoms with Crippen LogP contribution in [0.3, 0.4) is 0 Å². The summed E-state index contributed by atoms with van der Waals surface area (Å²) in [6, 6.07) is 0. The minimum Gasteiger partial charge on any atom is -0.349 e. The molecule has 10 heteroatoms. The van der Waals surface area contributed by atoms with Gasteiger partial charge in [-0.15, -0.1) is 10.2 Å². The predicted octanol–water partition coefficient (Wildman–Crippen LogP) is -0.139. The maximum Gasteiger partial charge on any atom is 0.282 e. The van der Waals surface area contributed by atoms with Gasteiger partial charge in [0.2, 0.25) is 19.5 Å². The van der Waals surface area contributed by atoms with Crippen LogP contribution in [-0.4, -0.2) is 43.4 Å². The molecule has 0 bridgehead atoms. The lowest BCUT2D eigenvalue weighted by atomic mass is 10.6. The standard InChI is InChI=1S/C7H11ClN4O3S2/c1-2-10-17(14,15)4-3-9-5(13)6-11-12-7(8)16-6/h10H,2-4H2,1H3,(H,9,13). The van der Waals surface area contributed by atoms with E-state index in [0.717, 1.165) is 11.3 Å². The number of carbonyl (C=O) groups is 1. The van der Waals surface area contributed by atoms with Crippen molar-refractivity contribution in [2.24, 2.45) is 0 Å². The van der Waals surface area contributed by atoms with Gasteiger partial charge in [-0.25, -0.2) is 13.1 Å². The lowest BCUT2D eigenvalue weighted by Crippen LogP contribution is -2.34. The zero-order valence-electron chi connectivity index (χ0n) is 8.93. The van der Waals surface area contributed by atoms with Crippen molar-refractivity contribution >= 4 is 38.9 Å². The van der Waals surface area contributed by atoms with Crippen LogP contribution in [0.25, 0.3) is 0 Å². The zero-order valence-corrected chi connectivity index (χ0v) is 11.3. The average Bonchev–Trinajstić information content (AvgIpc) is 2.64. The van der Waals surface area contributed by atoms with E-state index in [9.17, 15) is 13.2 Å². The highest BCUT2D eigenvalue weighted by atomic mass is 35.5. The largest absolute Gasteiger partial charge is 0.349 e. The first kappa shape index (κ1) is 14.3. The second-order valence-electron chi connectivity index (χ2n) is 2.93. The molecule has 0 aliphatic carbocycles. The number of carbonyl (C=O) groups excluding carboxylic acids is 1. The molecule has 0 saturated carbocycles. The highest BCUT2D eigenvalue weighted by molar-refractivity contribution is 7.89. The summed E-state index contributed by atoms with van der Waals surface area (Å²) >= 11 is 6.44. The average molecular weight is 299 g/mol. The van der Waals surface area contributed by atoms with Crippen molar-refractivity contribution in [3.05, 3.63) is 9.47 Å². The number of amides is 1. The van der Waals surface area contributed by atoms with Crippen molar-refractivity contribution in [1.82, 2.24) is 20.2 Å². The number of rotatable bonds is 6. The van der Waals surface area contributed by atoms with E-state index in [1.165, 1.54) is 0 Å². The molecule has 0 spiro atoms. The van der Waals surface area contributed by atoms with Crippen LogP contribution in [0.5, 0.6) is 0 Å². The number of nitrogens with one attached hydrogen (secondary N) is 2.